The first kappa shape index (κ1) is 15.0. The lowest BCUT2D eigenvalue weighted by Gasteiger charge is -2.34. The van der Waals surface area contributed by atoms with Gasteiger partial charge in [0.15, 0.2) is 0 Å². The third kappa shape index (κ3) is 3.47. The molecule has 0 bridgehead atoms. The monoisotopic (exact) mass is 251 g/mol. The van der Waals surface area contributed by atoms with Crippen molar-refractivity contribution in [3.05, 3.63) is 29.8 Å². The Labute approximate surface area is 110 Å². The third-order valence-electron chi connectivity index (χ3n) is 3.49. The number of benzene rings is 1. The number of nitrogens with zero attached hydrogens (tertiary/aromatic N) is 1. The van der Waals surface area contributed by atoms with E-state index in [0.29, 0.717) is 5.92 Å². The first-order valence-corrected chi connectivity index (χ1v) is 6.42. The summed E-state index contributed by atoms with van der Waals surface area (Å²) >= 11 is 0. The number of rotatable bonds is 6. The molecule has 0 saturated heterocycles. The van der Waals surface area contributed by atoms with Gasteiger partial charge in [-0.25, -0.2) is 0 Å². The van der Waals surface area contributed by atoms with Crippen molar-refractivity contribution in [3.8, 4) is 5.75 Å². The molecule has 102 valence electrons. The molecular weight excluding hydrogens is 226 g/mol. The molecule has 0 aliphatic heterocycles. The number of ether oxygens (including phenoxy) is 1. The summed E-state index contributed by atoms with van der Waals surface area (Å²) in [4.78, 5) is 2.17. The second kappa shape index (κ2) is 6.76. The number of hydrogen-bond donors (Lipinski definition) is 1. The molecule has 0 fully saturated rings. The Bertz CT molecular complexity index is 346. The number of hydrogen-bond acceptors (Lipinski definition) is 3. The van der Waals surface area contributed by atoms with Crippen LogP contribution in [-0.4, -0.2) is 37.8 Å². The van der Waals surface area contributed by atoms with Crippen molar-refractivity contribution >= 4 is 0 Å². The Hall–Kier alpha value is -1.06. The molecule has 0 saturated carbocycles. The van der Waals surface area contributed by atoms with E-state index in [9.17, 15) is 5.11 Å². The molecule has 0 aliphatic carbocycles. The van der Waals surface area contributed by atoms with E-state index in [-0.39, 0.29) is 18.6 Å². The van der Waals surface area contributed by atoms with Crippen molar-refractivity contribution in [2.45, 2.75) is 19.9 Å². The zero-order valence-corrected chi connectivity index (χ0v) is 12.1. The second-order valence-corrected chi connectivity index (χ2v) is 5.27. The molecule has 1 rings (SSSR count). The van der Waals surface area contributed by atoms with Crippen LogP contribution in [0, 0.1) is 11.8 Å². The lowest BCUT2D eigenvalue weighted by molar-refractivity contribution is 0.100. The maximum atomic E-state index is 9.63. The summed E-state index contributed by atoms with van der Waals surface area (Å²) in [5.74, 6) is 1.53. The highest BCUT2D eigenvalue weighted by molar-refractivity contribution is 5.29. The summed E-state index contributed by atoms with van der Waals surface area (Å²) in [6, 6.07) is 8.32. The summed E-state index contributed by atoms with van der Waals surface area (Å²) in [6.07, 6.45) is 0. The van der Waals surface area contributed by atoms with E-state index in [1.165, 1.54) is 5.56 Å². The minimum absolute atomic E-state index is 0.201. The summed E-state index contributed by atoms with van der Waals surface area (Å²) in [7, 11) is 5.78. The van der Waals surface area contributed by atoms with Gasteiger partial charge in [0.1, 0.15) is 5.75 Å². The first-order valence-electron chi connectivity index (χ1n) is 6.42. The molecule has 1 aromatic carbocycles. The van der Waals surface area contributed by atoms with Crippen LogP contribution >= 0.6 is 0 Å². The molecule has 0 amide bonds. The van der Waals surface area contributed by atoms with E-state index in [1.54, 1.807) is 7.11 Å². The molecule has 0 aliphatic rings. The van der Waals surface area contributed by atoms with Crippen molar-refractivity contribution in [3.63, 3.8) is 0 Å². The van der Waals surface area contributed by atoms with Gasteiger partial charge in [-0.05, 0) is 37.7 Å². The van der Waals surface area contributed by atoms with Crippen molar-refractivity contribution in [2.24, 2.45) is 11.8 Å². The van der Waals surface area contributed by atoms with Gasteiger partial charge in [0, 0.05) is 18.6 Å². The molecule has 1 N–H and O–H groups in total. The fourth-order valence-corrected chi connectivity index (χ4v) is 2.40. The molecule has 0 spiro atoms. The molecule has 2 unspecified atom stereocenters. The van der Waals surface area contributed by atoms with Gasteiger partial charge in [-0.15, -0.1) is 0 Å². The lowest BCUT2D eigenvalue weighted by atomic mass is 9.84. The van der Waals surface area contributed by atoms with E-state index in [4.69, 9.17) is 4.74 Å². The lowest BCUT2D eigenvalue weighted by Crippen LogP contribution is -2.32. The maximum Gasteiger partial charge on any atom is 0.118 e. The van der Waals surface area contributed by atoms with Crippen LogP contribution in [0.15, 0.2) is 24.3 Å². The topological polar surface area (TPSA) is 32.7 Å². The quantitative estimate of drug-likeness (QED) is 0.843. The number of methoxy groups -OCH3 is 1. The van der Waals surface area contributed by atoms with Gasteiger partial charge in [0.25, 0.3) is 0 Å². The average Bonchev–Trinajstić information content (AvgIpc) is 2.35. The van der Waals surface area contributed by atoms with E-state index < -0.39 is 0 Å². The van der Waals surface area contributed by atoms with E-state index in [0.717, 1.165) is 5.75 Å². The van der Waals surface area contributed by atoms with Crippen molar-refractivity contribution in [2.75, 3.05) is 27.8 Å². The van der Waals surface area contributed by atoms with Crippen LogP contribution in [0.1, 0.15) is 25.5 Å². The molecule has 18 heavy (non-hydrogen) atoms. The fourth-order valence-electron chi connectivity index (χ4n) is 2.40. The Morgan fingerprint density at radius 1 is 1.17 bits per heavy atom. The van der Waals surface area contributed by atoms with Gasteiger partial charge in [-0.2, -0.15) is 0 Å². The molecule has 3 heteroatoms. The summed E-state index contributed by atoms with van der Waals surface area (Å²) in [6.45, 7) is 4.51. The predicted molar refractivity (Wildman–Crippen MR) is 74.8 cm³/mol. The highest BCUT2D eigenvalue weighted by Gasteiger charge is 2.27. The van der Waals surface area contributed by atoms with Gasteiger partial charge in [0.2, 0.25) is 0 Å². The van der Waals surface area contributed by atoms with Crippen LogP contribution in [0.25, 0.3) is 0 Å². The highest BCUT2D eigenvalue weighted by atomic mass is 16.5. The van der Waals surface area contributed by atoms with Crippen molar-refractivity contribution < 1.29 is 9.84 Å². The number of aliphatic hydroxyl groups is 1. The molecule has 2 atom stereocenters. The number of aliphatic hydroxyl groups excluding tert-OH is 1. The maximum absolute atomic E-state index is 9.63. The normalized spacial score (nSPS) is 14.9. The van der Waals surface area contributed by atoms with E-state index in [1.807, 2.05) is 12.1 Å². The van der Waals surface area contributed by atoms with Gasteiger partial charge in [0.05, 0.1) is 7.11 Å². The van der Waals surface area contributed by atoms with E-state index >= 15 is 0 Å². The van der Waals surface area contributed by atoms with Gasteiger partial charge in [-0.3, -0.25) is 0 Å². The van der Waals surface area contributed by atoms with E-state index in [2.05, 4.69) is 45.0 Å². The smallest absolute Gasteiger partial charge is 0.118 e. The Kier molecular flexibility index (Phi) is 5.63. The largest absolute Gasteiger partial charge is 0.497 e. The minimum atomic E-state index is 0.201. The Balaban J connectivity index is 3.03. The van der Waals surface area contributed by atoms with Crippen molar-refractivity contribution in [1.29, 1.82) is 0 Å². The standard InChI is InChI=1S/C15H25NO2/c1-11(2)14(10-17)15(16(3)4)12-6-8-13(18-5)9-7-12/h6-9,11,14-15,17H,10H2,1-5H3. The molecule has 0 aromatic heterocycles. The average molecular weight is 251 g/mol. The van der Waals surface area contributed by atoms with Crippen molar-refractivity contribution in [1.82, 2.24) is 4.90 Å². The van der Waals surface area contributed by atoms with Crippen LogP contribution in [0.4, 0.5) is 0 Å². The van der Waals surface area contributed by atoms with Crippen LogP contribution in [0.3, 0.4) is 0 Å². The first-order chi connectivity index (χ1) is 8.51. The van der Waals surface area contributed by atoms with Gasteiger partial charge in [-0.1, -0.05) is 26.0 Å². The molecule has 1 aromatic rings. The summed E-state index contributed by atoms with van der Waals surface area (Å²) in [5.41, 5.74) is 1.22. The van der Waals surface area contributed by atoms with Crippen LogP contribution in [-0.2, 0) is 0 Å². The SMILES string of the molecule is COc1ccc(C(C(CO)C(C)C)N(C)C)cc1. The Morgan fingerprint density at radius 2 is 1.72 bits per heavy atom. The zero-order chi connectivity index (χ0) is 13.7. The van der Waals surface area contributed by atoms with Crippen LogP contribution in [0.2, 0.25) is 0 Å². The summed E-state index contributed by atoms with van der Waals surface area (Å²) < 4.78 is 5.18. The van der Waals surface area contributed by atoms with Crippen LogP contribution < -0.4 is 4.74 Å². The molecular formula is C15H25NO2. The van der Waals surface area contributed by atoms with Gasteiger partial charge >= 0.3 is 0 Å². The minimum Gasteiger partial charge on any atom is -0.497 e. The molecule has 0 heterocycles. The highest BCUT2D eigenvalue weighted by Crippen LogP contribution is 2.32. The van der Waals surface area contributed by atoms with Gasteiger partial charge < -0.3 is 14.7 Å². The molecule has 3 nitrogen and oxygen atoms in total. The van der Waals surface area contributed by atoms with Crippen LogP contribution in [0.5, 0.6) is 5.75 Å². The fraction of sp³-hybridized carbons (Fsp3) is 0.600. The molecule has 0 radical (unpaired) electrons. The third-order valence-corrected chi connectivity index (χ3v) is 3.49. The second-order valence-electron chi connectivity index (χ2n) is 5.27. The summed E-state index contributed by atoms with van der Waals surface area (Å²) in [5, 5.41) is 9.63. The predicted octanol–water partition coefficient (Wildman–Crippen LogP) is 2.56. The Morgan fingerprint density at radius 3 is 2.06 bits per heavy atom. The zero-order valence-electron chi connectivity index (χ0n) is 12.1.